The Hall–Kier alpha value is -2.38. The number of hydrogen-bond acceptors (Lipinski definition) is 5. The van der Waals surface area contributed by atoms with E-state index in [1.807, 2.05) is 31.2 Å². The van der Waals surface area contributed by atoms with E-state index >= 15 is 0 Å². The highest BCUT2D eigenvalue weighted by molar-refractivity contribution is 7.99. The molecule has 0 aliphatic carbocycles. The molecule has 0 N–H and O–H groups in total. The topological polar surface area (TPSA) is 49.2 Å². The van der Waals surface area contributed by atoms with Gasteiger partial charge in [-0.25, -0.2) is 4.39 Å². The zero-order valence-corrected chi connectivity index (χ0v) is 17.2. The zero-order chi connectivity index (χ0) is 20.1. The number of aryl methyl sites for hydroxylation is 1. The van der Waals surface area contributed by atoms with E-state index in [4.69, 9.17) is 9.47 Å². The number of rotatable bonds is 8. The Kier molecular flexibility index (Phi) is 6.46. The van der Waals surface area contributed by atoms with Crippen molar-refractivity contribution in [2.45, 2.75) is 37.6 Å². The molecule has 0 spiro atoms. The maximum Gasteiger partial charge on any atom is 0.191 e. The summed E-state index contributed by atoms with van der Waals surface area (Å²) in [5.41, 5.74) is 1.97. The van der Waals surface area contributed by atoms with E-state index < -0.39 is 0 Å². The second kappa shape index (κ2) is 9.41. The van der Waals surface area contributed by atoms with Gasteiger partial charge < -0.3 is 9.47 Å². The highest BCUT2D eigenvalue weighted by Gasteiger charge is 2.21. The van der Waals surface area contributed by atoms with E-state index in [0.717, 1.165) is 53.1 Å². The zero-order valence-electron chi connectivity index (χ0n) is 16.4. The summed E-state index contributed by atoms with van der Waals surface area (Å²) in [4.78, 5) is 0. The average Bonchev–Trinajstić information content (AvgIpc) is 3.38. The molecule has 152 valence electrons. The van der Waals surface area contributed by atoms with Gasteiger partial charge in [-0.05, 0) is 55.7 Å². The smallest absolute Gasteiger partial charge is 0.191 e. The molecule has 0 bridgehead atoms. The summed E-state index contributed by atoms with van der Waals surface area (Å²) in [6, 6.07) is 14.4. The van der Waals surface area contributed by atoms with Gasteiger partial charge in [0.15, 0.2) is 11.0 Å². The van der Waals surface area contributed by atoms with E-state index in [2.05, 4.69) is 14.8 Å². The average molecular weight is 414 g/mol. The van der Waals surface area contributed by atoms with Crippen LogP contribution in [0.1, 0.15) is 18.4 Å². The molecule has 2 heterocycles. The minimum atomic E-state index is -0.262. The number of nitrogens with zero attached hydrogens (tertiary/aromatic N) is 3. The van der Waals surface area contributed by atoms with Crippen molar-refractivity contribution in [2.75, 3.05) is 19.0 Å². The van der Waals surface area contributed by atoms with Crippen LogP contribution in [-0.4, -0.2) is 39.8 Å². The molecule has 7 heteroatoms. The Morgan fingerprint density at radius 3 is 2.76 bits per heavy atom. The Morgan fingerprint density at radius 2 is 2.00 bits per heavy atom. The Balaban J connectivity index is 1.46. The maximum atomic E-state index is 13.3. The second-order valence-electron chi connectivity index (χ2n) is 7.02. The van der Waals surface area contributed by atoms with Crippen LogP contribution in [0.4, 0.5) is 4.39 Å². The van der Waals surface area contributed by atoms with E-state index in [1.165, 1.54) is 12.1 Å². The minimum Gasteiger partial charge on any atom is -0.492 e. The first-order valence-corrected chi connectivity index (χ1v) is 10.8. The first kappa shape index (κ1) is 19.9. The highest BCUT2D eigenvalue weighted by atomic mass is 32.2. The molecule has 1 aromatic heterocycles. The summed E-state index contributed by atoms with van der Waals surface area (Å²) in [5.74, 6) is 2.13. The predicted molar refractivity (Wildman–Crippen MR) is 112 cm³/mol. The number of thioether (sulfide) groups is 1. The minimum absolute atomic E-state index is 0.160. The normalized spacial score (nSPS) is 16.3. The standard InChI is InChI=1S/C22H24FN3O2S/c1-16-5-2-3-7-20(16)28-13-14-29-22-25-24-21(17-8-10-18(23)11-9-17)26(22)15-19-6-4-12-27-19/h2-3,5,7-11,19H,4,6,12-15H2,1H3. The van der Waals surface area contributed by atoms with Crippen LogP contribution < -0.4 is 4.74 Å². The van der Waals surface area contributed by atoms with Gasteiger partial charge in [0.1, 0.15) is 11.6 Å². The second-order valence-corrected chi connectivity index (χ2v) is 8.08. The lowest BCUT2D eigenvalue weighted by Gasteiger charge is -2.15. The predicted octanol–water partition coefficient (Wildman–Crippen LogP) is 4.74. The maximum absolute atomic E-state index is 13.3. The number of ether oxygens (including phenoxy) is 2. The van der Waals surface area contributed by atoms with Gasteiger partial charge in [-0.2, -0.15) is 0 Å². The van der Waals surface area contributed by atoms with Gasteiger partial charge in [0.25, 0.3) is 0 Å². The molecular formula is C22H24FN3O2S. The van der Waals surface area contributed by atoms with Crippen LogP contribution in [0.15, 0.2) is 53.7 Å². The molecule has 5 nitrogen and oxygen atoms in total. The summed E-state index contributed by atoms with van der Waals surface area (Å²) in [6.07, 6.45) is 2.26. The number of hydrogen-bond donors (Lipinski definition) is 0. The van der Waals surface area contributed by atoms with Gasteiger partial charge in [-0.15, -0.1) is 10.2 Å². The summed E-state index contributed by atoms with van der Waals surface area (Å²) >= 11 is 1.61. The molecule has 2 aromatic carbocycles. The molecule has 1 aliphatic rings. The molecule has 3 aromatic rings. The van der Waals surface area contributed by atoms with Gasteiger partial charge >= 0.3 is 0 Å². The Morgan fingerprint density at radius 1 is 1.17 bits per heavy atom. The van der Waals surface area contributed by atoms with Gasteiger partial charge in [0.05, 0.1) is 19.3 Å². The van der Waals surface area contributed by atoms with Crippen molar-refractivity contribution >= 4 is 11.8 Å². The van der Waals surface area contributed by atoms with E-state index in [9.17, 15) is 4.39 Å². The largest absolute Gasteiger partial charge is 0.492 e. The van der Waals surface area contributed by atoms with Crippen LogP contribution in [0.2, 0.25) is 0 Å². The molecule has 0 amide bonds. The van der Waals surface area contributed by atoms with Gasteiger partial charge in [-0.1, -0.05) is 30.0 Å². The van der Waals surface area contributed by atoms with Crippen molar-refractivity contribution in [1.82, 2.24) is 14.8 Å². The highest BCUT2D eigenvalue weighted by Crippen LogP contribution is 2.27. The number of aromatic nitrogens is 3. The summed E-state index contributed by atoms with van der Waals surface area (Å²) in [6.45, 7) is 4.11. The fourth-order valence-electron chi connectivity index (χ4n) is 3.37. The van der Waals surface area contributed by atoms with Crippen LogP contribution in [-0.2, 0) is 11.3 Å². The molecule has 1 saturated heterocycles. The molecule has 1 atom stereocenters. The molecule has 4 rings (SSSR count). The van der Waals surface area contributed by atoms with E-state index in [1.54, 1.807) is 23.9 Å². The van der Waals surface area contributed by atoms with Crippen LogP contribution >= 0.6 is 11.8 Å². The molecule has 1 unspecified atom stereocenters. The number of benzene rings is 2. The molecule has 0 saturated carbocycles. The van der Waals surface area contributed by atoms with Crippen molar-refractivity contribution < 1.29 is 13.9 Å². The van der Waals surface area contributed by atoms with E-state index in [0.29, 0.717) is 13.2 Å². The van der Waals surface area contributed by atoms with Crippen molar-refractivity contribution in [3.05, 3.63) is 59.9 Å². The van der Waals surface area contributed by atoms with Crippen LogP contribution in [0, 0.1) is 12.7 Å². The molecule has 1 aliphatic heterocycles. The first-order valence-electron chi connectivity index (χ1n) is 9.82. The van der Waals surface area contributed by atoms with E-state index in [-0.39, 0.29) is 11.9 Å². The summed E-state index contributed by atoms with van der Waals surface area (Å²) in [7, 11) is 0. The fourth-order valence-corrected chi connectivity index (χ4v) is 4.13. The van der Waals surface area contributed by atoms with Gasteiger partial charge in [-0.3, -0.25) is 4.57 Å². The SMILES string of the molecule is Cc1ccccc1OCCSc1nnc(-c2ccc(F)cc2)n1CC1CCCO1. The van der Waals surface area contributed by atoms with Crippen molar-refractivity contribution in [1.29, 1.82) is 0 Å². The summed E-state index contributed by atoms with van der Waals surface area (Å²) in [5, 5.41) is 9.60. The monoisotopic (exact) mass is 413 g/mol. The Labute approximate surface area is 174 Å². The van der Waals surface area contributed by atoms with Crippen LogP contribution in [0.3, 0.4) is 0 Å². The number of para-hydroxylation sites is 1. The third-order valence-electron chi connectivity index (χ3n) is 4.90. The van der Waals surface area contributed by atoms with Gasteiger partial charge in [0, 0.05) is 17.9 Å². The lowest BCUT2D eigenvalue weighted by atomic mass is 10.2. The fraction of sp³-hybridized carbons (Fsp3) is 0.364. The quantitative estimate of drug-likeness (QED) is 0.394. The molecule has 1 fully saturated rings. The van der Waals surface area contributed by atoms with Crippen molar-refractivity contribution in [2.24, 2.45) is 0 Å². The summed E-state index contributed by atoms with van der Waals surface area (Å²) < 4.78 is 27.1. The lowest BCUT2D eigenvalue weighted by molar-refractivity contribution is 0.0953. The third-order valence-corrected chi connectivity index (χ3v) is 5.83. The molecule has 29 heavy (non-hydrogen) atoms. The van der Waals surface area contributed by atoms with Crippen LogP contribution in [0.5, 0.6) is 5.75 Å². The third kappa shape index (κ3) is 4.97. The Bertz CT molecular complexity index is 939. The lowest BCUT2D eigenvalue weighted by Crippen LogP contribution is -2.17. The molecule has 0 radical (unpaired) electrons. The van der Waals surface area contributed by atoms with Crippen molar-refractivity contribution in [3.63, 3.8) is 0 Å². The van der Waals surface area contributed by atoms with Crippen LogP contribution in [0.25, 0.3) is 11.4 Å². The first-order chi connectivity index (χ1) is 14.2. The number of halogens is 1. The van der Waals surface area contributed by atoms with Gasteiger partial charge in [0.2, 0.25) is 0 Å². The van der Waals surface area contributed by atoms with Crippen molar-refractivity contribution in [3.8, 4) is 17.1 Å². The molecular weight excluding hydrogens is 389 g/mol.